The van der Waals surface area contributed by atoms with E-state index in [2.05, 4.69) is 15.3 Å². The molecule has 5 rings (SSSR count). The van der Waals surface area contributed by atoms with Crippen LogP contribution in [0.15, 0.2) is 65.6 Å². The number of hydrogen-bond donors (Lipinski definition) is 2. The zero-order valence-electron chi connectivity index (χ0n) is 17.5. The van der Waals surface area contributed by atoms with Gasteiger partial charge in [-0.3, -0.25) is 9.78 Å². The first kappa shape index (κ1) is 20.0. The van der Waals surface area contributed by atoms with Crippen molar-refractivity contribution in [1.82, 2.24) is 24.8 Å². The average molecular weight is 430 g/mol. The summed E-state index contributed by atoms with van der Waals surface area (Å²) in [6, 6.07) is 16.7. The van der Waals surface area contributed by atoms with E-state index < -0.39 is 0 Å². The molecule has 1 aromatic carbocycles. The van der Waals surface area contributed by atoms with Crippen molar-refractivity contribution in [3.63, 3.8) is 0 Å². The van der Waals surface area contributed by atoms with E-state index in [4.69, 9.17) is 9.72 Å². The molecule has 1 aliphatic heterocycles. The lowest BCUT2D eigenvalue weighted by Gasteiger charge is -2.26. The van der Waals surface area contributed by atoms with Gasteiger partial charge in [0.15, 0.2) is 5.65 Å². The third-order valence-corrected chi connectivity index (χ3v) is 5.45. The van der Waals surface area contributed by atoms with E-state index in [1.165, 1.54) is 4.57 Å². The molecule has 0 spiro atoms. The number of pyridine rings is 2. The molecule has 1 atom stereocenters. The van der Waals surface area contributed by atoms with Crippen LogP contribution in [-0.2, 0) is 11.3 Å². The zero-order valence-corrected chi connectivity index (χ0v) is 17.5. The Balaban J connectivity index is 1.63. The number of amides is 1. The number of aromatic amines is 1. The first-order chi connectivity index (χ1) is 15.6. The van der Waals surface area contributed by atoms with E-state index in [0.29, 0.717) is 48.1 Å². The average Bonchev–Trinajstić information content (AvgIpc) is 3.08. The molecule has 1 aliphatic rings. The summed E-state index contributed by atoms with van der Waals surface area (Å²) in [6.07, 6.45) is 1.62. The monoisotopic (exact) mass is 430 g/mol. The number of H-pyrrole nitrogens is 1. The van der Waals surface area contributed by atoms with Gasteiger partial charge >= 0.3 is 5.69 Å². The summed E-state index contributed by atoms with van der Waals surface area (Å²) in [5, 5.41) is 3.02. The Morgan fingerprint density at radius 3 is 2.75 bits per heavy atom. The molecule has 2 N–H and O–H groups in total. The van der Waals surface area contributed by atoms with Gasteiger partial charge in [0.1, 0.15) is 11.6 Å². The van der Waals surface area contributed by atoms with Crippen LogP contribution in [0, 0.1) is 0 Å². The summed E-state index contributed by atoms with van der Waals surface area (Å²) in [7, 11) is 1.61. The van der Waals surface area contributed by atoms with Crippen LogP contribution in [0.5, 0.6) is 0 Å². The van der Waals surface area contributed by atoms with Gasteiger partial charge in [-0.05, 0) is 29.8 Å². The van der Waals surface area contributed by atoms with Gasteiger partial charge in [-0.25, -0.2) is 19.3 Å². The fourth-order valence-corrected chi connectivity index (χ4v) is 4.05. The number of nitrogens with zero attached hydrogens (tertiary/aromatic N) is 4. The fraction of sp³-hybridized carbons (Fsp3) is 0.217. The molecule has 1 unspecified atom stereocenters. The predicted molar refractivity (Wildman–Crippen MR) is 120 cm³/mol. The van der Waals surface area contributed by atoms with Crippen LogP contribution in [0.3, 0.4) is 0 Å². The number of methoxy groups -OCH3 is 1. The van der Waals surface area contributed by atoms with Gasteiger partial charge in [0.25, 0.3) is 5.91 Å². The van der Waals surface area contributed by atoms with Crippen molar-refractivity contribution in [3.05, 3.63) is 82.4 Å². The predicted octanol–water partition coefficient (Wildman–Crippen LogP) is 1.87. The van der Waals surface area contributed by atoms with Gasteiger partial charge in [0, 0.05) is 26.4 Å². The van der Waals surface area contributed by atoms with Crippen molar-refractivity contribution in [2.24, 2.45) is 0 Å². The summed E-state index contributed by atoms with van der Waals surface area (Å²) in [4.78, 5) is 39.4. The largest absolute Gasteiger partial charge is 0.382 e. The third kappa shape index (κ3) is 3.63. The van der Waals surface area contributed by atoms with Crippen molar-refractivity contribution < 1.29 is 9.53 Å². The maximum absolute atomic E-state index is 12.9. The Labute approximate surface area is 183 Å². The SMILES string of the molecule is COCC1CN(Cc2ccccc2)c2nc(-n3c(=O)[nH]c4ncccc43)ccc2C(=O)N1. The lowest BCUT2D eigenvalue weighted by molar-refractivity contribution is 0.0906. The molecule has 32 heavy (non-hydrogen) atoms. The second-order valence-corrected chi connectivity index (χ2v) is 7.67. The van der Waals surface area contributed by atoms with Crippen LogP contribution in [-0.4, -0.2) is 51.7 Å². The number of rotatable bonds is 5. The highest BCUT2D eigenvalue weighted by molar-refractivity contribution is 6.00. The van der Waals surface area contributed by atoms with Gasteiger partial charge in [0.05, 0.1) is 23.7 Å². The van der Waals surface area contributed by atoms with Crippen molar-refractivity contribution in [3.8, 4) is 5.82 Å². The molecule has 0 fully saturated rings. The summed E-state index contributed by atoms with van der Waals surface area (Å²) < 4.78 is 6.78. The molecule has 0 radical (unpaired) electrons. The number of ether oxygens (including phenoxy) is 1. The smallest absolute Gasteiger partial charge is 0.333 e. The third-order valence-electron chi connectivity index (χ3n) is 5.45. The molecular formula is C23H22N6O3. The Bertz CT molecular complexity index is 1330. The highest BCUT2D eigenvalue weighted by atomic mass is 16.5. The summed E-state index contributed by atoms with van der Waals surface area (Å²) in [6.45, 7) is 1.46. The normalized spacial score (nSPS) is 16.0. The first-order valence-corrected chi connectivity index (χ1v) is 10.3. The maximum Gasteiger partial charge on any atom is 0.333 e. The van der Waals surface area contributed by atoms with Crippen molar-refractivity contribution in [2.45, 2.75) is 12.6 Å². The number of aromatic nitrogens is 4. The van der Waals surface area contributed by atoms with E-state index in [0.717, 1.165) is 5.56 Å². The number of nitrogens with one attached hydrogen (secondary N) is 2. The van der Waals surface area contributed by atoms with Crippen molar-refractivity contribution >= 4 is 22.9 Å². The summed E-state index contributed by atoms with van der Waals surface area (Å²) >= 11 is 0. The van der Waals surface area contributed by atoms with Gasteiger partial charge in [-0.1, -0.05) is 30.3 Å². The van der Waals surface area contributed by atoms with Crippen LogP contribution in [0.4, 0.5) is 5.82 Å². The topological polar surface area (TPSA) is 105 Å². The number of carbonyl (C=O) groups is 1. The lowest BCUT2D eigenvalue weighted by atomic mass is 10.2. The van der Waals surface area contributed by atoms with Crippen LogP contribution in [0.1, 0.15) is 15.9 Å². The van der Waals surface area contributed by atoms with Crippen LogP contribution < -0.4 is 15.9 Å². The highest BCUT2D eigenvalue weighted by Crippen LogP contribution is 2.26. The Hall–Kier alpha value is -3.98. The fourth-order valence-electron chi connectivity index (χ4n) is 4.05. The molecule has 9 nitrogen and oxygen atoms in total. The standard InChI is InChI=1S/C23H22N6O3/c1-32-14-16-13-28(12-15-6-3-2-4-7-15)21-17(22(30)25-16)9-10-19(26-21)29-18-8-5-11-24-20(18)27-23(29)31/h2-11,16H,12-14H2,1H3,(H,25,30)(H,24,27,31). The van der Waals surface area contributed by atoms with E-state index in [1.54, 1.807) is 37.6 Å². The van der Waals surface area contributed by atoms with E-state index in [-0.39, 0.29) is 17.6 Å². The molecule has 0 saturated heterocycles. The molecular weight excluding hydrogens is 408 g/mol. The minimum Gasteiger partial charge on any atom is -0.382 e. The Morgan fingerprint density at radius 2 is 1.94 bits per heavy atom. The molecule has 3 aromatic heterocycles. The number of carbonyl (C=O) groups excluding carboxylic acids is 1. The summed E-state index contributed by atoms with van der Waals surface area (Å²) in [5.74, 6) is 0.723. The maximum atomic E-state index is 12.9. The second-order valence-electron chi connectivity index (χ2n) is 7.67. The van der Waals surface area contributed by atoms with Crippen molar-refractivity contribution in [1.29, 1.82) is 0 Å². The molecule has 0 saturated carbocycles. The van der Waals surface area contributed by atoms with Crippen LogP contribution in [0.25, 0.3) is 17.0 Å². The number of fused-ring (bicyclic) bond motifs is 2. The van der Waals surface area contributed by atoms with E-state index in [1.807, 2.05) is 35.2 Å². The lowest BCUT2D eigenvalue weighted by Crippen LogP contribution is -2.43. The number of hydrogen-bond acceptors (Lipinski definition) is 6. The minimum absolute atomic E-state index is 0.200. The quantitative estimate of drug-likeness (QED) is 0.501. The van der Waals surface area contributed by atoms with Crippen molar-refractivity contribution in [2.75, 3.05) is 25.2 Å². The molecule has 9 heteroatoms. The molecule has 0 bridgehead atoms. The minimum atomic E-state index is -0.337. The number of imidazole rings is 1. The van der Waals surface area contributed by atoms with Crippen LogP contribution in [0.2, 0.25) is 0 Å². The zero-order chi connectivity index (χ0) is 22.1. The molecule has 162 valence electrons. The number of anilines is 1. The van der Waals surface area contributed by atoms with Crippen LogP contribution >= 0.6 is 0 Å². The number of benzene rings is 1. The van der Waals surface area contributed by atoms with Gasteiger partial charge < -0.3 is 15.0 Å². The molecule has 4 heterocycles. The first-order valence-electron chi connectivity index (χ1n) is 10.3. The van der Waals surface area contributed by atoms with Gasteiger partial charge in [0.2, 0.25) is 0 Å². The molecule has 1 amide bonds. The summed E-state index contributed by atoms with van der Waals surface area (Å²) in [5.41, 5.74) is 2.30. The molecule has 4 aromatic rings. The Kier molecular flexibility index (Phi) is 5.16. The second kappa shape index (κ2) is 8.27. The van der Waals surface area contributed by atoms with E-state index in [9.17, 15) is 9.59 Å². The Morgan fingerprint density at radius 1 is 1.09 bits per heavy atom. The van der Waals surface area contributed by atoms with Gasteiger partial charge in [-0.15, -0.1) is 0 Å². The van der Waals surface area contributed by atoms with Gasteiger partial charge in [-0.2, -0.15) is 0 Å². The molecule has 0 aliphatic carbocycles. The van der Waals surface area contributed by atoms with E-state index >= 15 is 0 Å². The highest BCUT2D eigenvalue weighted by Gasteiger charge is 2.28.